The predicted molar refractivity (Wildman–Crippen MR) is 61.0 cm³/mol. The van der Waals surface area contributed by atoms with Gasteiger partial charge in [-0.1, -0.05) is 13.8 Å². The highest BCUT2D eigenvalue weighted by molar-refractivity contribution is 7.79. The molecular weight excluding hydrogens is 216 g/mol. The van der Waals surface area contributed by atoms with Crippen molar-refractivity contribution in [2.45, 2.75) is 26.3 Å². The van der Waals surface area contributed by atoms with Crippen molar-refractivity contribution in [3.05, 3.63) is 0 Å². The van der Waals surface area contributed by atoms with Crippen LogP contribution in [0.1, 0.15) is 20.3 Å². The molecule has 0 saturated heterocycles. The Bertz CT molecular complexity index is 221. The Kier molecular flexibility index (Phi) is 7.54. The van der Waals surface area contributed by atoms with Crippen LogP contribution in [0, 0.1) is 5.92 Å². The van der Waals surface area contributed by atoms with E-state index in [-0.39, 0.29) is 23.6 Å². The molecule has 0 fully saturated rings. The molecule has 0 aromatic carbocycles. The standard InChI is InChI=1S/C9H20N2O3S/c1-7(2)8(9(12)10-3)11-5-4-6-15(13)14/h7-8,11H,4-6H2,1-3H3,(H,10,12)(H,13,14). The molecule has 0 radical (unpaired) electrons. The molecule has 0 aliphatic carbocycles. The second-order valence-corrected chi connectivity index (χ2v) is 4.72. The molecule has 0 aliphatic rings. The van der Waals surface area contributed by atoms with Gasteiger partial charge in [-0.3, -0.25) is 4.79 Å². The lowest BCUT2D eigenvalue weighted by molar-refractivity contribution is -0.123. The van der Waals surface area contributed by atoms with E-state index < -0.39 is 11.1 Å². The molecule has 6 heteroatoms. The summed E-state index contributed by atoms with van der Waals surface area (Å²) in [6.45, 7) is 4.48. The van der Waals surface area contributed by atoms with E-state index in [4.69, 9.17) is 4.55 Å². The summed E-state index contributed by atoms with van der Waals surface area (Å²) in [6.07, 6.45) is 0.587. The average molecular weight is 236 g/mol. The monoisotopic (exact) mass is 236 g/mol. The minimum atomic E-state index is -1.74. The van der Waals surface area contributed by atoms with Gasteiger partial charge >= 0.3 is 0 Å². The van der Waals surface area contributed by atoms with Gasteiger partial charge in [0.05, 0.1) is 11.8 Å². The van der Waals surface area contributed by atoms with Crippen LogP contribution < -0.4 is 10.6 Å². The highest BCUT2D eigenvalue weighted by Gasteiger charge is 2.19. The summed E-state index contributed by atoms with van der Waals surface area (Å²) in [5.74, 6) is 0.394. The van der Waals surface area contributed by atoms with E-state index in [1.54, 1.807) is 7.05 Å². The summed E-state index contributed by atoms with van der Waals surface area (Å²) < 4.78 is 18.9. The summed E-state index contributed by atoms with van der Waals surface area (Å²) in [5, 5.41) is 5.65. The van der Waals surface area contributed by atoms with Crippen molar-refractivity contribution in [2.75, 3.05) is 19.3 Å². The first kappa shape index (κ1) is 14.5. The Morgan fingerprint density at radius 1 is 1.47 bits per heavy atom. The van der Waals surface area contributed by atoms with Gasteiger partial charge in [0.2, 0.25) is 5.91 Å². The minimum absolute atomic E-state index is 0.0462. The van der Waals surface area contributed by atoms with Crippen molar-refractivity contribution < 1.29 is 13.6 Å². The van der Waals surface area contributed by atoms with Gasteiger partial charge < -0.3 is 15.2 Å². The molecule has 0 heterocycles. The minimum Gasteiger partial charge on any atom is -0.358 e. The molecule has 0 saturated carbocycles. The van der Waals surface area contributed by atoms with Gasteiger partial charge in [0.25, 0.3) is 0 Å². The number of amides is 1. The molecule has 0 spiro atoms. The number of rotatable bonds is 7. The smallest absolute Gasteiger partial charge is 0.237 e. The zero-order valence-electron chi connectivity index (χ0n) is 9.45. The molecule has 15 heavy (non-hydrogen) atoms. The maximum absolute atomic E-state index is 11.4. The predicted octanol–water partition coefficient (Wildman–Crippen LogP) is -0.0416. The summed E-state index contributed by atoms with van der Waals surface area (Å²) in [7, 11) is 1.60. The Balaban J connectivity index is 3.87. The van der Waals surface area contributed by atoms with Crippen molar-refractivity contribution in [2.24, 2.45) is 5.92 Å². The fourth-order valence-corrected chi connectivity index (χ4v) is 1.63. The van der Waals surface area contributed by atoms with Gasteiger partial charge in [-0.2, -0.15) is 0 Å². The second-order valence-electron chi connectivity index (χ2n) is 3.67. The topological polar surface area (TPSA) is 78.4 Å². The summed E-state index contributed by atoms with van der Waals surface area (Å²) in [5.41, 5.74) is 0. The van der Waals surface area contributed by atoms with Gasteiger partial charge in [0.1, 0.15) is 0 Å². The van der Waals surface area contributed by atoms with Crippen LogP contribution in [0.3, 0.4) is 0 Å². The van der Waals surface area contributed by atoms with Gasteiger partial charge in [0.15, 0.2) is 11.1 Å². The molecule has 2 unspecified atom stereocenters. The van der Waals surface area contributed by atoms with Crippen LogP contribution in [0.2, 0.25) is 0 Å². The Morgan fingerprint density at radius 2 is 2.07 bits per heavy atom. The Labute approximate surface area is 93.3 Å². The van der Waals surface area contributed by atoms with Crippen molar-refractivity contribution in [3.63, 3.8) is 0 Å². The zero-order chi connectivity index (χ0) is 11.8. The van der Waals surface area contributed by atoms with Crippen LogP contribution in [-0.4, -0.2) is 40.1 Å². The molecule has 0 rings (SSSR count). The second kappa shape index (κ2) is 7.78. The molecule has 2 atom stereocenters. The van der Waals surface area contributed by atoms with Gasteiger partial charge in [-0.25, -0.2) is 4.21 Å². The van der Waals surface area contributed by atoms with Crippen LogP contribution in [0.4, 0.5) is 0 Å². The normalized spacial score (nSPS) is 15.0. The molecule has 0 aromatic heterocycles. The van der Waals surface area contributed by atoms with E-state index in [1.165, 1.54) is 0 Å². The molecule has 0 aromatic rings. The zero-order valence-corrected chi connectivity index (χ0v) is 10.3. The molecule has 0 aliphatic heterocycles. The maximum atomic E-state index is 11.4. The highest BCUT2D eigenvalue weighted by Crippen LogP contribution is 2.01. The Hall–Kier alpha value is -0.460. The van der Waals surface area contributed by atoms with Crippen LogP contribution in [0.15, 0.2) is 0 Å². The lowest BCUT2D eigenvalue weighted by Crippen LogP contribution is -2.46. The molecule has 5 nitrogen and oxygen atoms in total. The summed E-state index contributed by atoms with van der Waals surface area (Å²) in [6, 6.07) is -0.234. The molecular formula is C9H20N2O3S. The SMILES string of the molecule is CNC(=O)C(NCCCS(=O)O)C(C)C. The third kappa shape index (κ3) is 6.59. The first-order chi connectivity index (χ1) is 6.99. The fourth-order valence-electron chi connectivity index (χ4n) is 1.24. The number of carbonyl (C=O) groups is 1. The molecule has 3 N–H and O–H groups in total. The van der Waals surface area contributed by atoms with Crippen LogP contribution >= 0.6 is 0 Å². The first-order valence-electron chi connectivity index (χ1n) is 5.01. The van der Waals surface area contributed by atoms with Gasteiger partial charge in [-0.05, 0) is 18.9 Å². The first-order valence-corrected chi connectivity index (χ1v) is 6.29. The molecule has 0 bridgehead atoms. The van der Waals surface area contributed by atoms with Gasteiger partial charge in [0, 0.05) is 7.05 Å². The van der Waals surface area contributed by atoms with Crippen LogP contribution in [-0.2, 0) is 15.9 Å². The van der Waals surface area contributed by atoms with Crippen molar-refractivity contribution >= 4 is 17.0 Å². The third-order valence-corrected chi connectivity index (χ3v) is 2.69. The fraction of sp³-hybridized carbons (Fsp3) is 0.889. The number of likely N-dealkylation sites (N-methyl/N-ethyl adjacent to an activating group) is 1. The van der Waals surface area contributed by atoms with Crippen molar-refractivity contribution in [1.82, 2.24) is 10.6 Å². The Morgan fingerprint density at radius 3 is 2.47 bits per heavy atom. The van der Waals surface area contributed by atoms with E-state index in [1.807, 2.05) is 13.8 Å². The lowest BCUT2D eigenvalue weighted by Gasteiger charge is -2.20. The quantitative estimate of drug-likeness (QED) is 0.428. The van der Waals surface area contributed by atoms with Crippen molar-refractivity contribution in [1.29, 1.82) is 0 Å². The van der Waals surface area contributed by atoms with E-state index >= 15 is 0 Å². The third-order valence-electron chi connectivity index (χ3n) is 2.06. The number of hydrogen-bond acceptors (Lipinski definition) is 3. The largest absolute Gasteiger partial charge is 0.358 e. The van der Waals surface area contributed by atoms with E-state index in [2.05, 4.69) is 10.6 Å². The van der Waals surface area contributed by atoms with Crippen molar-refractivity contribution in [3.8, 4) is 0 Å². The average Bonchev–Trinajstić information content (AvgIpc) is 2.15. The summed E-state index contributed by atoms with van der Waals surface area (Å²) in [4.78, 5) is 11.4. The molecule has 1 amide bonds. The van der Waals surface area contributed by atoms with Crippen LogP contribution in [0.25, 0.3) is 0 Å². The number of carbonyl (C=O) groups excluding carboxylic acids is 1. The number of nitrogens with one attached hydrogen (secondary N) is 2. The van der Waals surface area contributed by atoms with E-state index in [0.717, 1.165) is 0 Å². The highest BCUT2D eigenvalue weighted by atomic mass is 32.2. The lowest BCUT2D eigenvalue weighted by atomic mass is 10.0. The maximum Gasteiger partial charge on any atom is 0.237 e. The van der Waals surface area contributed by atoms with E-state index in [0.29, 0.717) is 13.0 Å². The van der Waals surface area contributed by atoms with Crippen LogP contribution in [0.5, 0.6) is 0 Å². The van der Waals surface area contributed by atoms with E-state index in [9.17, 15) is 9.00 Å². The molecule has 90 valence electrons. The van der Waals surface area contributed by atoms with Gasteiger partial charge in [-0.15, -0.1) is 0 Å². The number of hydrogen-bond donors (Lipinski definition) is 3. The summed E-state index contributed by atoms with van der Waals surface area (Å²) >= 11 is -1.74.